The third-order valence-electron chi connectivity index (χ3n) is 4.28. The van der Waals surface area contributed by atoms with Gasteiger partial charge in [0, 0.05) is 30.6 Å². The van der Waals surface area contributed by atoms with E-state index in [4.69, 9.17) is 0 Å². The van der Waals surface area contributed by atoms with Crippen molar-refractivity contribution in [3.8, 4) is 11.4 Å². The molecule has 3 heterocycles. The van der Waals surface area contributed by atoms with Gasteiger partial charge in [0.1, 0.15) is 11.3 Å². The molecule has 0 saturated heterocycles. The van der Waals surface area contributed by atoms with Gasteiger partial charge in [0.25, 0.3) is 5.91 Å². The van der Waals surface area contributed by atoms with E-state index in [1.165, 1.54) is 11.7 Å². The van der Waals surface area contributed by atoms with Gasteiger partial charge in [-0.2, -0.15) is 5.10 Å². The first-order valence-electron chi connectivity index (χ1n) is 8.44. The molecular weight excluding hydrogens is 360 g/mol. The maximum Gasteiger partial charge on any atom is 0.340 e. The number of carboxylic acids is 1. The van der Waals surface area contributed by atoms with Crippen molar-refractivity contribution in [2.75, 3.05) is 5.32 Å². The minimum absolute atomic E-state index is 0.0173. The van der Waals surface area contributed by atoms with Crippen LogP contribution in [-0.4, -0.2) is 41.4 Å². The van der Waals surface area contributed by atoms with Crippen LogP contribution in [0, 0.1) is 6.92 Å². The molecule has 9 nitrogen and oxygen atoms in total. The van der Waals surface area contributed by atoms with Crippen LogP contribution >= 0.6 is 0 Å². The van der Waals surface area contributed by atoms with E-state index in [-0.39, 0.29) is 17.0 Å². The average Bonchev–Trinajstić information content (AvgIpc) is 3.22. The van der Waals surface area contributed by atoms with Crippen LogP contribution in [0.15, 0.2) is 48.7 Å². The van der Waals surface area contributed by atoms with E-state index >= 15 is 0 Å². The van der Waals surface area contributed by atoms with Gasteiger partial charge in [-0.3, -0.25) is 9.48 Å². The molecule has 0 bridgehead atoms. The highest BCUT2D eigenvalue weighted by atomic mass is 16.4. The third-order valence-corrected chi connectivity index (χ3v) is 4.28. The van der Waals surface area contributed by atoms with E-state index in [1.807, 2.05) is 30.3 Å². The number of benzene rings is 1. The molecule has 0 unspecified atom stereocenters. The molecule has 0 atom stereocenters. The Hall–Kier alpha value is -4.01. The molecule has 4 aromatic rings. The summed E-state index contributed by atoms with van der Waals surface area (Å²) in [6, 6.07) is 12.9. The van der Waals surface area contributed by atoms with Crippen LogP contribution < -0.4 is 5.32 Å². The molecule has 0 aliphatic rings. The maximum atomic E-state index is 12.7. The summed E-state index contributed by atoms with van der Waals surface area (Å²) in [6.07, 6.45) is 1.68. The molecule has 0 aliphatic carbocycles. The lowest BCUT2D eigenvalue weighted by atomic mass is 10.2. The number of carboxylic acid groups (broad SMARTS) is 1. The molecule has 140 valence electrons. The molecule has 0 radical (unpaired) electrons. The molecule has 0 aliphatic heterocycles. The summed E-state index contributed by atoms with van der Waals surface area (Å²) in [7, 11) is 1.53. The van der Waals surface area contributed by atoms with Gasteiger partial charge in [0.15, 0.2) is 11.5 Å². The van der Waals surface area contributed by atoms with Crippen molar-refractivity contribution in [2.45, 2.75) is 6.92 Å². The molecule has 9 heteroatoms. The predicted molar refractivity (Wildman–Crippen MR) is 101 cm³/mol. The van der Waals surface area contributed by atoms with Gasteiger partial charge in [0.05, 0.1) is 5.69 Å². The Bertz CT molecular complexity index is 1210. The summed E-state index contributed by atoms with van der Waals surface area (Å²) in [4.78, 5) is 28.6. The predicted octanol–water partition coefficient (Wildman–Crippen LogP) is 2.39. The second kappa shape index (κ2) is 6.62. The quantitative estimate of drug-likeness (QED) is 0.565. The molecule has 0 fully saturated rings. The highest BCUT2D eigenvalue weighted by Crippen LogP contribution is 2.19. The number of amides is 1. The normalized spacial score (nSPS) is 10.9. The van der Waals surface area contributed by atoms with Crippen LogP contribution in [0.3, 0.4) is 0 Å². The SMILES string of the molecule is Cc1nn(C)c(C(=O)Nc2ccn3nc(-c4ccccc4)nc3c2)c1C(=O)O. The first kappa shape index (κ1) is 17.4. The van der Waals surface area contributed by atoms with Crippen LogP contribution in [0.4, 0.5) is 5.69 Å². The standard InChI is InChI=1S/C19H16N6O3/c1-11-15(19(27)28)16(24(2)22-11)18(26)20-13-8-9-25-14(10-13)21-17(23-25)12-6-4-3-5-7-12/h3-10H,1-2H3,(H,20,26)(H,27,28). The fraction of sp³-hybridized carbons (Fsp3) is 0.105. The van der Waals surface area contributed by atoms with Crippen LogP contribution in [0.5, 0.6) is 0 Å². The molecule has 3 aromatic heterocycles. The largest absolute Gasteiger partial charge is 0.478 e. The monoisotopic (exact) mass is 376 g/mol. The minimum atomic E-state index is -1.20. The number of aromatic nitrogens is 5. The fourth-order valence-electron chi connectivity index (χ4n) is 3.03. The third kappa shape index (κ3) is 2.98. The summed E-state index contributed by atoms with van der Waals surface area (Å²) in [5.74, 6) is -1.19. The molecule has 28 heavy (non-hydrogen) atoms. The Morgan fingerprint density at radius 3 is 2.57 bits per heavy atom. The van der Waals surface area contributed by atoms with E-state index in [2.05, 4.69) is 20.5 Å². The molecular formula is C19H16N6O3. The number of anilines is 1. The van der Waals surface area contributed by atoms with Gasteiger partial charge in [-0.05, 0) is 13.0 Å². The van der Waals surface area contributed by atoms with Crippen molar-refractivity contribution < 1.29 is 14.7 Å². The first-order chi connectivity index (χ1) is 13.4. The Morgan fingerprint density at radius 1 is 1.11 bits per heavy atom. The van der Waals surface area contributed by atoms with E-state index in [9.17, 15) is 14.7 Å². The topological polar surface area (TPSA) is 114 Å². The second-order valence-corrected chi connectivity index (χ2v) is 6.21. The summed E-state index contributed by atoms with van der Waals surface area (Å²) in [5, 5.41) is 20.5. The molecule has 0 saturated carbocycles. The Morgan fingerprint density at radius 2 is 1.86 bits per heavy atom. The number of carbonyl (C=O) groups excluding carboxylic acids is 1. The zero-order valence-electron chi connectivity index (χ0n) is 15.1. The number of pyridine rings is 1. The van der Waals surface area contributed by atoms with Crippen molar-refractivity contribution in [1.29, 1.82) is 0 Å². The molecule has 1 aromatic carbocycles. The molecule has 0 spiro atoms. The Balaban J connectivity index is 1.66. The van der Waals surface area contributed by atoms with Gasteiger partial charge in [0.2, 0.25) is 0 Å². The summed E-state index contributed by atoms with van der Waals surface area (Å²) in [5.41, 5.74) is 2.05. The summed E-state index contributed by atoms with van der Waals surface area (Å²) < 4.78 is 2.87. The van der Waals surface area contributed by atoms with Gasteiger partial charge in [-0.15, -0.1) is 5.10 Å². The first-order valence-corrected chi connectivity index (χ1v) is 8.44. The molecule has 4 rings (SSSR count). The highest BCUT2D eigenvalue weighted by Gasteiger charge is 2.25. The van der Waals surface area contributed by atoms with Crippen LogP contribution in [0.2, 0.25) is 0 Å². The van der Waals surface area contributed by atoms with Crippen molar-refractivity contribution in [3.63, 3.8) is 0 Å². The van der Waals surface area contributed by atoms with Crippen molar-refractivity contribution >= 4 is 23.2 Å². The Kier molecular flexibility index (Phi) is 4.11. The van der Waals surface area contributed by atoms with Gasteiger partial charge in [-0.1, -0.05) is 30.3 Å². The van der Waals surface area contributed by atoms with E-state index in [1.54, 1.807) is 29.8 Å². The average molecular weight is 376 g/mol. The van der Waals surface area contributed by atoms with E-state index in [0.717, 1.165) is 5.56 Å². The van der Waals surface area contributed by atoms with E-state index in [0.29, 0.717) is 17.2 Å². The lowest BCUT2D eigenvalue weighted by molar-refractivity contribution is 0.0691. The number of aryl methyl sites for hydroxylation is 2. The minimum Gasteiger partial charge on any atom is -0.478 e. The smallest absolute Gasteiger partial charge is 0.340 e. The highest BCUT2D eigenvalue weighted by molar-refractivity contribution is 6.10. The maximum absolute atomic E-state index is 12.7. The lowest BCUT2D eigenvalue weighted by Crippen LogP contribution is -2.19. The van der Waals surface area contributed by atoms with E-state index < -0.39 is 11.9 Å². The number of carbonyl (C=O) groups is 2. The number of rotatable bonds is 4. The van der Waals surface area contributed by atoms with Gasteiger partial charge < -0.3 is 10.4 Å². The van der Waals surface area contributed by atoms with Crippen molar-refractivity contribution in [3.05, 3.63) is 65.6 Å². The fourth-order valence-corrected chi connectivity index (χ4v) is 3.03. The number of fused-ring (bicyclic) bond motifs is 1. The van der Waals surface area contributed by atoms with Crippen molar-refractivity contribution in [2.24, 2.45) is 7.05 Å². The summed E-state index contributed by atoms with van der Waals surface area (Å²) in [6.45, 7) is 1.55. The van der Waals surface area contributed by atoms with Crippen LogP contribution in [-0.2, 0) is 7.05 Å². The lowest BCUT2D eigenvalue weighted by Gasteiger charge is -2.06. The summed E-state index contributed by atoms with van der Waals surface area (Å²) >= 11 is 0. The zero-order valence-corrected chi connectivity index (χ0v) is 15.1. The number of hydrogen-bond acceptors (Lipinski definition) is 5. The number of hydrogen-bond donors (Lipinski definition) is 2. The van der Waals surface area contributed by atoms with Crippen molar-refractivity contribution in [1.82, 2.24) is 24.4 Å². The Labute approximate surface area is 159 Å². The number of aromatic carboxylic acids is 1. The molecule has 2 N–H and O–H groups in total. The zero-order chi connectivity index (χ0) is 19.8. The van der Waals surface area contributed by atoms with Crippen LogP contribution in [0.25, 0.3) is 17.0 Å². The molecule has 1 amide bonds. The van der Waals surface area contributed by atoms with Gasteiger partial charge in [-0.25, -0.2) is 14.3 Å². The van der Waals surface area contributed by atoms with Gasteiger partial charge >= 0.3 is 5.97 Å². The van der Waals surface area contributed by atoms with Crippen LogP contribution in [0.1, 0.15) is 26.5 Å². The second-order valence-electron chi connectivity index (χ2n) is 6.21. The number of nitrogens with one attached hydrogen (secondary N) is 1. The number of nitrogens with zero attached hydrogens (tertiary/aromatic N) is 5.